The summed E-state index contributed by atoms with van der Waals surface area (Å²) in [6.07, 6.45) is 1.78. The van der Waals surface area contributed by atoms with Gasteiger partial charge in [-0.05, 0) is 51.7 Å². The fourth-order valence-electron chi connectivity index (χ4n) is 3.37. The van der Waals surface area contributed by atoms with Gasteiger partial charge < -0.3 is 0 Å². The smallest absolute Gasteiger partial charge is 0.269 e. The van der Waals surface area contributed by atoms with Crippen LogP contribution in [0.1, 0.15) is 12.5 Å². The summed E-state index contributed by atoms with van der Waals surface area (Å²) < 4.78 is 0. The van der Waals surface area contributed by atoms with Crippen LogP contribution in [-0.2, 0) is 9.59 Å². The largest absolute Gasteiger partial charge is 0.288 e. The first-order valence-corrected chi connectivity index (χ1v) is 8.19. The summed E-state index contributed by atoms with van der Waals surface area (Å²) in [6, 6.07) is 19.9. The van der Waals surface area contributed by atoms with E-state index in [0.29, 0.717) is 11.1 Å². The third-order valence-corrected chi connectivity index (χ3v) is 4.69. The zero-order valence-corrected chi connectivity index (χ0v) is 14.0. The number of amides is 2. The molecule has 124 valence electrons. The second-order valence-electron chi connectivity index (χ2n) is 6.19. The van der Waals surface area contributed by atoms with Gasteiger partial charge in [0.25, 0.3) is 11.8 Å². The predicted molar refractivity (Wildman–Crippen MR) is 101 cm³/mol. The van der Waals surface area contributed by atoms with Crippen LogP contribution in [0, 0.1) is 11.3 Å². The van der Waals surface area contributed by atoms with Crippen molar-refractivity contribution in [1.29, 1.82) is 5.26 Å². The number of carbonyl (C=O) groups is 2. The summed E-state index contributed by atoms with van der Waals surface area (Å²) in [6.45, 7) is 1.63. The molecule has 0 saturated carbocycles. The van der Waals surface area contributed by atoms with Crippen LogP contribution in [0.2, 0.25) is 0 Å². The second-order valence-corrected chi connectivity index (χ2v) is 6.19. The van der Waals surface area contributed by atoms with E-state index in [1.807, 2.05) is 54.6 Å². The van der Waals surface area contributed by atoms with Crippen LogP contribution < -0.4 is 5.32 Å². The second kappa shape index (κ2) is 5.98. The molecule has 2 amide bonds. The topological polar surface area (TPSA) is 70.0 Å². The molecule has 3 aromatic carbocycles. The van der Waals surface area contributed by atoms with Crippen molar-refractivity contribution in [3.8, 4) is 6.07 Å². The van der Waals surface area contributed by atoms with Crippen molar-refractivity contribution in [2.24, 2.45) is 0 Å². The molecule has 0 aliphatic carbocycles. The molecule has 1 N–H and O–H groups in total. The maximum Gasteiger partial charge on any atom is 0.269 e. The van der Waals surface area contributed by atoms with Crippen LogP contribution in [0.3, 0.4) is 0 Å². The predicted octanol–water partition coefficient (Wildman–Crippen LogP) is 3.87. The van der Waals surface area contributed by atoms with Crippen molar-refractivity contribution >= 4 is 39.4 Å². The molecule has 0 radical (unpaired) electrons. The Morgan fingerprint density at radius 3 is 2.08 bits per heavy atom. The van der Waals surface area contributed by atoms with Gasteiger partial charge in [0.2, 0.25) is 0 Å². The van der Waals surface area contributed by atoms with Crippen molar-refractivity contribution < 1.29 is 9.59 Å². The first-order valence-electron chi connectivity index (χ1n) is 8.19. The molecule has 1 aliphatic rings. The lowest BCUT2D eigenvalue weighted by Gasteiger charge is -2.17. The summed E-state index contributed by atoms with van der Waals surface area (Å²) in [5, 5.41) is 15.6. The number of nitrogens with one attached hydrogen (secondary N) is 1. The van der Waals surface area contributed by atoms with E-state index in [9.17, 15) is 14.9 Å². The molecule has 3 aromatic rings. The van der Waals surface area contributed by atoms with Gasteiger partial charge in [-0.3, -0.25) is 14.9 Å². The number of imide groups is 1. The van der Waals surface area contributed by atoms with Crippen LogP contribution in [-0.4, -0.2) is 11.8 Å². The van der Waals surface area contributed by atoms with Crippen LogP contribution in [0.15, 0.2) is 71.3 Å². The molecular weight excluding hydrogens is 324 g/mol. The van der Waals surface area contributed by atoms with Gasteiger partial charge in [0.15, 0.2) is 0 Å². The third-order valence-electron chi connectivity index (χ3n) is 4.69. The van der Waals surface area contributed by atoms with Gasteiger partial charge in [-0.15, -0.1) is 0 Å². The van der Waals surface area contributed by atoms with E-state index < -0.39 is 11.8 Å². The van der Waals surface area contributed by atoms with Crippen molar-refractivity contribution in [3.63, 3.8) is 0 Å². The first-order chi connectivity index (χ1) is 12.6. The molecule has 0 aromatic heterocycles. The highest BCUT2D eigenvalue weighted by Gasteiger charge is 2.27. The molecule has 0 atom stereocenters. The number of rotatable bonds is 1. The minimum absolute atomic E-state index is 0.0274. The van der Waals surface area contributed by atoms with Crippen LogP contribution >= 0.6 is 0 Å². The molecule has 0 unspecified atom stereocenters. The number of hydrogen-bond donors (Lipinski definition) is 1. The molecule has 4 rings (SSSR count). The molecule has 0 spiro atoms. The van der Waals surface area contributed by atoms with Gasteiger partial charge in [-0.25, -0.2) is 0 Å². The van der Waals surface area contributed by atoms with Crippen LogP contribution in [0.5, 0.6) is 0 Å². The molecule has 4 nitrogen and oxygen atoms in total. The van der Waals surface area contributed by atoms with Crippen molar-refractivity contribution in [1.82, 2.24) is 5.32 Å². The average Bonchev–Trinajstić information content (AvgIpc) is 2.64. The van der Waals surface area contributed by atoms with Crippen LogP contribution in [0.25, 0.3) is 27.6 Å². The monoisotopic (exact) mass is 338 g/mol. The number of benzene rings is 3. The van der Waals surface area contributed by atoms with E-state index in [0.717, 1.165) is 27.1 Å². The van der Waals surface area contributed by atoms with E-state index >= 15 is 0 Å². The first kappa shape index (κ1) is 15.8. The van der Waals surface area contributed by atoms with E-state index in [2.05, 4.69) is 11.4 Å². The summed E-state index contributed by atoms with van der Waals surface area (Å²) in [5.74, 6) is -1.13. The quantitative estimate of drug-likeness (QED) is 0.416. The minimum atomic E-state index is -0.644. The van der Waals surface area contributed by atoms with E-state index in [4.69, 9.17) is 0 Å². The van der Waals surface area contributed by atoms with Gasteiger partial charge >= 0.3 is 0 Å². The third kappa shape index (κ3) is 2.38. The summed E-state index contributed by atoms with van der Waals surface area (Å²) >= 11 is 0. The lowest BCUT2D eigenvalue weighted by molar-refractivity contribution is -0.126. The summed E-state index contributed by atoms with van der Waals surface area (Å²) in [7, 11) is 0. The van der Waals surface area contributed by atoms with Gasteiger partial charge in [-0.1, -0.05) is 48.5 Å². The Balaban J connectivity index is 2.09. The Bertz CT molecular complexity index is 1160. The Morgan fingerprint density at radius 1 is 0.923 bits per heavy atom. The molecule has 0 fully saturated rings. The number of hydrogen-bond acceptors (Lipinski definition) is 3. The zero-order chi connectivity index (χ0) is 18.3. The van der Waals surface area contributed by atoms with E-state index in [1.54, 1.807) is 13.0 Å². The van der Waals surface area contributed by atoms with Crippen molar-refractivity contribution in [2.75, 3.05) is 0 Å². The fraction of sp³-hybridized carbons (Fsp3) is 0.0455. The average molecular weight is 338 g/mol. The highest BCUT2D eigenvalue weighted by molar-refractivity contribution is 6.21. The molecule has 26 heavy (non-hydrogen) atoms. The van der Waals surface area contributed by atoms with Gasteiger partial charge in [-0.2, -0.15) is 5.26 Å². The number of nitriles is 1. The number of nitrogens with zero attached hydrogens (tertiary/aromatic N) is 1. The minimum Gasteiger partial charge on any atom is -0.288 e. The SMILES string of the molecule is CC1=C(C#N)C(=O)NC(=O)C1=Cc1c2ccccc2cc2ccccc12. The molecule has 1 heterocycles. The molecule has 0 saturated heterocycles. The lowest BCUT2D eigenvalue weighted by Crippen LogP contribution is -2.37. The number of fused-ring (bicyclic) bond motifs is 2. The standard InChI is InChI=1S/C22H14N2O2/c1-13-18(21(25)24-22(26)20(13)12-23)11-19-16-8-4-2-6-14(16)10-15-7-3-5-9-17(15)19/h2-11H,1H3,(H,24,25,26). The molecular formula is C22H14N2O2. The van der Waals surface area contributed by atoms with Crippen LogP contribution in [0.4, 0.5) is 0 Å². The van der Waals surface area contributed by atoms with Gasteiger partial charge in [0.1, 0.15) is 11.6 Å². The summed E-state index contributed by atoms with van der Waals surface area (Å²) in [4.78, 5) is 24.2. The fourth-order valence-corrected chi connectivity index (χ4v) is 3.37. The maximum atomic E-state index is 12.4. The van der Waals surface area contributed by atoms with E-state index in [-0.39, 0.29) is 5.57 Å². The van der Waals surface area contributed by atoms with Gasteiger partial charge in [0, 0.05) is 5.57 Å². The Hall–Kier alpha value is -3.71. The zero-order valence-electron chi connectivity index (χ0n) is 14.0. The normalized spacial score (nSPS) is 16.2. The van der Waals surface area contributed by atoms with E-state index in [1.165, 1.54) is 0 Å². The Labute approximate surface area is 150 Å². The maximum absolute atomic E-state index is 12.4. The highest BCUT2D eigenvalue weighted by atomic mass is 16.2. The Kier molecular flexibility index (Phi) is 3.63. The van der Waals surface area contributed by atoms with Crippen molar-refractivity contribution in [3.05, 3.63) is 76.9 Å². The molecule has 4 heteroatoms. The number of carbonyl (C=O) groups excluding carboxylic acids is 2. The Morgan fingerprint density at radius 2 is 1.50 bits per heavy atom. The lowest BCUT2D eigenvalue weighted by atomic mass is 9.91. The molecule has 0 bridgehead atoms. The van der Waals surface area contributed by atoms with Crippen molar-refractivity contribution in [2.45, 2.75) is 6.92 Å². The van der Waals surface area contributed by atoms with Gasteiger partial charge in [0.05, 0.1) is 0 Å². The summed E-state index contributed by atoms with van der Waals surface area (Å²) in [5.41, 5.74) is 1.61. The molecule has 1 aliphatic heterocycles. The highest BCUT2D eigenvalue weighted by Crippen LogP contribution is 2.32.